The van der Waals surface area contributed by atoms with E-state index in [1.165, 1.54) is 25.7 Å². The fraction of sp³-hybridized carbons (Fsp3) is 0.548. The third-order valence-electron chi connectivity index (χ3n) is 6.07. The molecule has 0 aliphatic rings. The maximum absolute atomic E-state index is 12.0. The van der Waals surface area contributed by atoms with Crippen molar-refractivity contribution in [3.05, 3.63) is 60.2 Å². The number of rotatable bonds is 20. The molecule has 2 rings (SSSR count). The molecule has 0 fully saturated rings. The van der Waals surface area contributed by atoms with Crippen molar-refractivity contribution in [2.24, 2.45) is 0 Å². The Bertz CT molecular complexity index is 832. The highest BCUT2D eigenvalue weighted by Gasteiger charge is 2.05. The minimum Gasteiger partial charge on any atom is -0.466 e. The smallest absolute Gasteiger partial charge is 0.306 e. The molecule has 0 saturated heterocycles. The summed E-state index contributed by atoms with van der Waals surface area (Å²) in [5.74, 6) is 1.32. The van der Waals surface area contributed by atoms with Gasteiger partial charge >= 0.3 is 11.9 Å². The number of benzene rings is 2. The highest BCUT2D eigenvalue weighted by atomic mass is 16.5. The second-order valence-corrected chi connectivity index (χ2v) is 9.33. The second kappa shape index (κ2) is 19.4. The molecule has 0 atom stereocenters. The average Bonchev–Trinajstić information content (AvgIpc) is 2.90. The van der Waals surface area contributed by atoms with Gasteiger partial charge in [-0.3, -0.25) is 9.59 Å². The number of carbonyl (C=O) groups is 2. The topological polar surface area (TPSA) is 61.8 Å². The third kappa shape index (κ3) is 14.6. The van der Waals surface area contributed by atoms with Gasteiger partial charge in [0.1, 0.15) is 18.1 Å². The van der Waals surface area contributed by atoms with Gasteiger partial charge in [0.05, 0.1) is 6.61 Å². The van der Waals surface area contributed by atoms with Crippen LogP contribution in [0.5, 0.6) is 11.5 Å². The highest BCUT2D eigenvalue weighted by molar-refractivity contribution is 5.69. The summed E-state index contributed by atoms with van der Waals surface area (Å²) in [5, 5.41) is 0. The van der Waals surface area contributed by atoms with Crippen LogP contribution < -0.4 is 4.74 Å². The van der Waals surface area contributed by atoms with Crippen molar-refractivity contribution in [1.82, 2.24) is 0 Å². The van der Waals surface area contributed by atoms with Crippen molar-refractivity contribution in [3.63, 3.8) is 0 Å². The van der Waals surface area contributed by atoms with E-state index < -0.39 is 0 Å². The highest BCUT2D eigenvalue weighted by Crippen LogP contribution is 2.21. The molecule has 0 spiro atoms. The van der Waals surface area contributed by atoms with Crippen LogP contribution in [-0.2, 0) is 25.7 Å². The van der Waals surface area contributed by atoms with Gasteiger partial charge in [-0.25, -0.2) is 0 Å². The van der Waals surface area contributed by atoms with Gasteiger partial charge in [-0.05, 0) is 49.1 Å². The van der Waals surface area contributed by atoms with E-state index >= 15 is 0 Å². The molecular formula is C31H44O5. The van der Waals surface area contributed by atoms with Gasteiger partial charge < -0.3 is 14.2 Å². The first-order valence-corrected chi connectivity index (χ1v) is 13.8. The molecule has 0 saturated carbocycles. The maximum atomic E-state index is 12.0. The zero-order chi connectivity index (χ0) is 25.7. The molecule has 0 N–H and O–H groups in total. The molecule has 0 aromatic heterocycles. The zero-order valence-electron chi connectivity index (χ0n) is 22.1. The van der Waals surface area contributed by atoms with Crippen LogP contribution in [0.25, 0.3) is 0 Å². The molecule has 2 aromatic carbocycles. The van der Waals surface area contributed by atoms with Crippen molar-refractivity contribution in [3.8, 4) is 11.5 Å². The van der Waals surface area contributed by atoms with Crippen molar-refractivity contribution in [2.75, 3.05) is 6.61 Å². The minimum absolute atomic E-state index is 0.0651. The molecule has 36 heavy (non-hydrogen) atoms. The molecule has 0 aliphatic heterocycles. The number of hydrogen-bond acceptors (Lipinski definition) is 5. The quantitative estimate of drug-likeness (QED) is 0.136. The summed E-state index contributed by atoms with van der Waals surface area (Å²) in [5.41, 5.74) is 0.939. The van der Waals surface area contributed by atoms with E-state index in [-0.39, 0.29) is 18.5 Å². The fourth-order valence-electron chi connectivity index (χ4n) is 3.90. The number of hydrogen-bond donors (Lipinski definition) is 0. The fourth-order valence-corrected chi connectivity index (χ4v) is 3.90. The minimum atomic E-state index is -0.160. The van der Waals surface area contributed by atoms with Crippen molar-refractivity contribution >= 4 is 11.9 Å². The third-order valence-corrected chi connectivity index (χ3v) is 6.07. The molecule has 0 heterocycles. The lowest BCUT2D eigenvalue weighted by Gasteiger charge is -2.08. The summed E-state index contributed by atoms with van der Waals surface area (Å²) in [4.78, 5) is 23.8. The van der Waals surface area contributed by atoms with Gasteiger partial charge in [0.2, 0.25) is 0 Å². The maximum Gasteiger partial charge on any atom is 0.306 e. The Morgan fingerprint density at radius 1 is 0.583 bits per heavy atom. The zero-order valence-corrected chi connectivity index (χ0v) is 22.1. The molecule has 0 amide bonds. The van der Waals surface area contributed by atoms with E-state index in [2.05, 4.69) is 6.92 Å². The van der Waals surface area contributed by atoms with Crippen LogP contribution in [0, 0.1) is 0 Å². The molecule has 0 unspecified atom stereocenters. The normalized spacial score (nSPS) is 10.7. The Morgan fingerprint density at radius 3 is 1.75 bits per heavy atom. The second-order valence-electron chi connectivity index (χ2n) is 9.33. The summed E-state index contributed by atoms with van der Waals surface area (Å²) in [6.45, 7) is 3.05. The van der Waals surface area contributed by atoms with Crippen LogP contribution in [0.4, 0.5) is 0 Å². The predicted octanol–water partition coefficient (Wildman–Crippen LogP) is 8.55. The summed E-state index contributed by atoms with van der Waals surface area (Å²) >= 11 is 0. The van der Waals surface area contributed by atoms with E-state index in [0.717, 1.165) is 68.4 Å². The summed E-state index contributed by atoms with van der Waals surface area (Å²) in [7, 11) is 0. The van der Waals surface area contributed by atoms with Gasteiger partial charge in [-0.15, -0.1) is 0 Å². The molecular weight excluding hydrogens is 452 g/mol. The lowest BCUT2D eigenvalue weighted by molar-refractivity contribution is -0.145. The lowest BCUT2D eigenvalue weighted by atomic mass is 10.1. The first-order valence-electron chi connectivity index (χ1n) is 13.8. The van der Waals surface area contributed by atoms with Crippen LogP contribution in [0.15, 0.2) is 54.6 Å². The first-order chi connectivity index (χ1) is 17.7. The number of unbranched alkanes of at least 4 members (excludes halogenated alkanes) is 10. The largest absolute Gasteiger partial charge is 0.466 e. The Morgan fingerprint density at radius 2 is 1.11 bits per heavy atom. The van der Waals surface area contributed by atoms with Crippen LogP contribution in [-0.4, -0.2) is 18.5 Å². The molecule has 0 bridgehead atoms. The van der Waals surface area contributed by atoms with E-state index in [1.807, 2.05) is 54.6 Å². The summed E-state index contributed by atoms with van der Waals surface area (Å²) < 4.78 is 16.5. The van der Waals surface area contributed by atoms with E-state index in [4.69, 9.17) is 14.2 Å². The van der Waals surface area contributed by atoms with Crippen LogP contribution >= 0.6 is 0 Å². The van der Waals surface area contributed by atoms with E-state index in [1.54, 1.807) is 0 Å². The van der Waals surface area contributed by atoms with Crippen molar-refractivity contribution in [2.45, 2.75) is 103 Å². The number of carbonyl (C=O) groups excluding carboxylic acids is 2. The monoisotopic (exact) mass is 496 g/mol. The van der Waals surface area contributed by atoms with Gasteiger partial charge in [0.25, 0.3) is 0 Å². The standard InChI is InChI=1S/C31H44O5/c1-2-3-4-5-10-16-25-34-30(32)19-14-8-6-7-9-15-20-31(33)35-26-27-21-23-29(24-22-27)36-28-17-12-11-13-18-28/h11-13,17-18,21-24H,2-10,14-16,19-20,25-26H2,1H3. The first kappa shape index (κ1) is 29.4. The van der Waals surface area contributed by atoms with Crippen molar-refractivity contribution < 1.29 is 23.8 Å². The van der Waals surface area contributed by atoms with E-state index in [0.29, 0.717) is 19.4 Å². The summed E-state index contributed by atoms with van der Waals surface area (Å²) in [6, 6.07) is 17.2. The Kier molecular flexibility index (Phi) is 15.8. The van der Waals surface area contributed by atoms with Gasteiger partial charge in [-0.2, -0.15) is 0 Å². The Hall–Kier alpha value is -2.82. The van der Waals surface area contributed by atoms with Crippen molar-refractivity contribution in [1.29, 1.82) is 0 Å². The number of para-hydroxylation sites is 1. The number of esters is 2. The Labute approximate surface area is 217 Å². The predicted molar refractivity (Wildman–Crippen MR) is 144 cm³/mol. The lowest BCUT2D eigenvalue weighted by Crippen LogP contribution is -2.05. The SMILES string of the molecule is CCCCCCCCOC(=O)CCCCCCCCC(=O)OCc1ccc(Oc2ccccc2)cc1. The van der Waals surface area contributed by atoms with Gasteiger partial charge in [-0.1, -0.05) is 95.0 Å². The van der Waals surface area contributed by atoms with E-state index in [9.17, 15) is 9.59 Å². The van der Waals surface area contributed by atoms with Crippen LogP contribution in [0.3, 0.4) is 0 Å². The molecule has 0 radical (unpaired) electrons. The average molecular weight is 497 g/mol. The van der Waals surface area contributed by atoms with Crippen LogP contribution in [0.2, 0.25) is 0 Å². The molecule has 198 valence electrons. The van der Waals surface area contributed by atoms with Gasteiger partial charge in [0.15, 0.2) is 0 Å². The summed E-state index contributed by atoms with van der Waals surface area (Å²) in [6.07, 6.45) is 14.1. The number of ether oxygens (including phenoxy) is 3. The molecule has 5 heteroatoms. The van der Waals surface area contributed by atoms with Gasteiger partial charge in [0, 0.05) is 12.8 Å². The Balaban J connectivity index is 1.40. The van der Waals surface area contributed by atoms with Crippen LogP contribution in [0.1, 0.15) is 102 Å². The molecule has 2 aromatic rings. The molecule has 5 nitrogen and oxygen atoms in total. The molecule has 0 aliphatic carbocycles.